The highest BCUT2D eigenvalue weighted by molar-refractivity contribution is 6.31. The number of piperidine rings is 1. The molecule has 1 heterocycles. The molecule has 2 aliphatic rings. The monoisotopic (exact) mass is 258 g/mol. The lowest BCUT2D eigenvalue weighted by molar-refractivity contribution is -0.119. The van der Waals surface area contributed by atoms with Crippen LogP contribution in [0.25, 0.3) is 0 Å². The third-order valence-electron chi connectivity index (χ3n) is 3.85. The first-order valence-electron chi connectivity index (χ1n) is 6.35. The summed E-state index contributed by atoms with van der Waals surface area (Å²) in [7, 11) is 0. The Labute approximate surface area is 107 Å². The van der Waals surface area contributed by atoms with E-state index in [1.807, 2.05) is 4.90 Å². The van der Waals surface area contributed by atoms with E-state index >= 15 is 0 Å². The van der Waals surface area contributed by atoms with E-state index in [-0.39, 0.29) is 6.03 Å². The fourth-order valence-corrected chi connectivity index (χ4v) is 3.04. The predicted octanol–water partition coefficient (Wildman–Crippen LogP) is 2.11. The van der Waals surface area contributed by atoms with Crippen molar-refractivity contribution in [3.63, 3.8) is 0 Å². The standard InChI is InChI=1S/C12H19ClN2O2/c1-8(13)11(16)14-12(17)15-7-3-5-9-4-2-6-10(9)15/h8-10H,2-7H2,1H3,(H,14,16,17). The van der Waals surface area contributed by atoms with Crippen LogP contribution >= 0.6 is 11.6 Å². The Hall–Kier alpha value is -0.770. The molecule has 0 spiro atoms. The molecule has 2 rings (SSSR count). The fraction of sp³-hybridized carbons (Fsp3) is 0.833. The summed E-state index contributed by atoms with van der Waals surface area (Å²) in [6.45, 7) is 2.33. The van der Waals surface area contributed by atoms with Gasteiger partial charge in [-0.3, -0.25) is 10.1 Å². The number of alkyl halides is 1. The largest absolute Gasteiger partial charge is 0.324 e. The maximum atomic E-state index is 12.0. The Morgan fingerprint density at radius 2 is 2.00 bits per heavy atom. The molecule has 0 bridgehead atoms. The molecule has 5 heteroatoms. The quantitative estimate of drug-likeness (QED) is 0.733. The number of nitrogens with one attached hydrogen (secondary N) is 1. The van der Waals surface area contributed by atoms with Gasteiger partial charge in [-0.05, 0) is 38.5 Å². The first-order valence-corrected chi connectivity index (χ1v) is 6.79. The van der Waals surface area contributed by atoms with Crippen molar-refractivity contribution in [3.8, 4) is 0 Å². The van der Waals surface area contributed by atoms with Crippen LogP contribution < -0.4 is 5.32 Å². The minimum Gasteiger partial charge on any atom is -0.321 e. The summed E-state index contributed by atoms with van der Waals surface area (Å²) in [5, 5.41) is 1.71. The second-order valence-electron chi connectivity index (χ2n) is 5.00. The van der Waals surface area contributed by atoms with Gasteiger partial charge in [0.1, 0.15) is 5.38 Å². The number of nitrogens with zero attached hydrogens (tertiary/aromatic N) is 1. The summed E-state index contributed by atoms with van der Waals surface area (Å²) in [4.78, 5) is 25.2. The third kappa shape index (κ3) is 2.73. The number of urea groups is 1. The molecule has 0 radical (unpaired) electrons. The minimum atomic E-state index is -0.664. The van der Waals surface area contributed by atoms with Crippen molar-refractivity contribution in [1.82, 2.24) is 10.2 Å². The van der Waals surface area contributed by atoms with E-state index in [1.54, 1.807) is 6.92 Å². The van der Waals surface area contributed by atoms with E-state index in [2.05, 4.69) is 5.32 Å². The van der Waals surface area contributed by atoms with E-state index in [0.29, 0.717) is 12.0 Å². The van der Waals surface area contributed by atoms with Crippen LogP contribution in [0.5, 0.6) is 0 Å². The average Bonchev–Trinajstić information content (AvgIpc) is 2.76. The van der Waals surface area contributed by atoms with Gasteiger partial charge in [0, 0.05) is 12.6 Å². The fourth-order valence-electron chi connectivity index (χ4n) is 2.98. The van der Waals surface area contributed by atoms with Crippen molar-refractivity contribution >= 4 is 23.5 Å². The normalized spacial score (nSPS) is 29.6. The molecule has 1 saturated heterocycles. The van der Waals surface area contributed by atoms with Crippen molar-refractivity contribution in [1.29, 1.82) is 0 Å². The third-order valence-corrected chi connectivity index (χ3v) is 4.04. The zero-order chi connectivity index (χ0) is 12.4. The SMILES string of the molecule is CC(Cl)C(=O)NC(=O)N1CCCC2CCCC21. The van der Waals surface area contributed by atoms with Crippen LogP contribution in [0.15, 0.2) is 0 Å². The molecule has 3 amide bonds. The van der Waals surface area contributed by atoms with Crippen LogP contribution in [-0.4, -0.2) is 34.8 Å². The maximum absolute atomic E-state index is 12.0. The van der Waals surface area contributed by atoms with E-state index in [9.17, 15) is 9.59 Å². The summed E-state index contributed by atoms with van der Waals surface area (Å²) in [6.07, 6.45) is 5.74. The lowest BCUT2D eigenvalue weighted by Gasteiger charge is -2.37. The van der Waals surface area contributed by atoms with E-state index in [0.717, 1.165) is 19.4 Å². The van der Waals surface area contributed by atoms with E-state index < -0.39 is 11.3 Å². The molecule has 3 atom stereocenters. The molecular weight excluding hydrogens is 240 g/mol. The number of hydrogen-bond donors (Lipinski definition) is 1. The van der Waals surface area contributed by atoms with Gasteiger partial charge >= 0.3 is 6.03 Å². The zero-order valence-electron chi connectivity index (χ0n) is 10.1. The zero-order valence-corrected chi connectivity index (χ0v) is 10.9. The highest BCUT2D eigenvalue weighted by atomic mass is 35.5. The Morgan fingerprint density at radius 3 is 2.71 bits per heavy atom. The van der Waals surface area contributed by atoms with Gasteiger partial charge in [-0.15, -0.1) is 11.6 Å². The smallest absolute Gasteiger partial charge is 0.321 e. The van der Waals surface area contributed by atoms with Crippen molar-refractivity contribution in [3.05, 3.63) is 0 Å². The van der Waals surface area contributed by atoms with Crippen LogP contribution in [0.2, 0.25) is 0 Å². The number of likely N-dealkylation sites (tertiary alicyclic amines) is 1. The number of fused-ring (bicyclic) bond motifs is 1. The van der Waals surface area contributed by atoms with Crippen LogP contribution in [0, 0.1) is 5.92 Å². The second-order valence-corrected chi connectivity index (χ2v) is 5.66. The van der Waals surface area contributed by atoms with Crippen LogP contribution in [0.4, 0.5) is 4.79 Å². The first kappa shape index (κ1) is 12.7. The summed E-state index contributed by atoms with van der Waals surface area (Å²) in [5.41, 5.74) is 0. The summed E-state index contributed by atoms with van der Waals surface area (Å²) in [5.74, 6) is 0.231. The summed E-state index contributed by atoms with van der Waals surface area (Å²) in [6, 6.07) is 0.0706. The van der Waals surface area contributed by atoms with Crippen molar-refractivity contribution in [2.24, 2.45) is 5.92 Å². The number of hydrogen-bond acceptors (Lipinski definition) is 2. The highest BCUT2D eigenvalue weighted by Crippen LogP contribution is 2.36. The molecule has 2 fully saturated rings. The van der Waals surface area contributed by atoms with Crippen molar-refractivity contribution in [2.45, 2.75) is 50.4 Å². The number of rotatable bonds is 1. The topological polar surface area (TPSA) is 49.4 Å². The molecular formula is C12H19ClN2O2. The molecule has 3 unspecified atom stereocenters. The molecule has 0 aromatic rings. The van der Waals surface area contributed by atoms with Crippen LogP contribution in [-0.2, 0) is 4.79 Å². The van der Waals surface area contributed by atoms with Gasteiger partial charge in [0.25, 0.3) is 0 Å². The van der Waals surface area contributed by atoms with Gasteiger partial charge in [-0.1, -0.05) is 6.42 Å². The summed E-state index contributed by atoms with van der Waals surface area (Å²) < 4.78 is 0. The van der Waals surface area contributed by atoms with E-state index in [1.165, 1.54) is 19.3 Å². The molecule has 0 aromatic carbocycles. The van der Waals surface area contributed by atoms with Crippen molar-refractivity contribution in [2.75, 3.05) is 6.54 Å². The van der Waals surface area contributed by atoms with Crippen LogP contribution in [0.3, 0.4) is 0 Å². The van der Waals surface area contributed by atoms with Gasteiger partial charge < -0.3 is 4.90 Å². The Balaban J connectivity index is 1.96. The molecule has 1 aliphatic heterocycles. The van der Waals surface area contributed by atoms with Gasteiger partial charge in [0.05, 0.1) is 0 Å². The molecule has 96 valence electrons. The highest BCUT2D eigenvalue weighted by Gasteiger charge is 2.37. The maximum Gasteiger partial charge on any atom is 0.324 e. The summed E-state index contributed by atoms with van der Waals surface area (Å²) >= 11 is 5.64. The average molecular weight is 259 g/mol. The molecule has 1 saturated carbocycles. The van der Waals surface area contributed by atoms with Crippen LogP contribution in [0.1, 0.15) is 39.0 Å². The van der Waals surface area contributed by atoms with Gasteiger partial charge in [-0.2, -0.15) is 0 Å². The van der Waals surface area contributed by atoms with E-state index in [4.69, 9.17) is 11.6 Å². The Bertz CT molecular complexity index is 320. The van der Waals surface area contributed by atoms with Gasteiger partial charge in [0.2, 0.25) is 5.91 Å². The predicted molar refractivity (Wildman–Crippen MR) is 65.9 cm³/mol. The van der Waals surface area contributed by atoms with Gasteiger partial charge in [0.15, 0.2) is 0 Å². The number of halogens is 1. The van der Waals surface area contributed by atoms with Gasteiger partial charge in [-0.25, -0.2) is 4.79 Å². The molecule has 1 aliphatic carbocycles. The van der Waals surface area contributed by atoms with Crippen molar-refractivity contribution < 1.29 is 9.59 Å². The Kier molecular flexibility index (Phi) is 3.92. The molecule has 1 N–H and O–H groups in total. The number of carbonyl (C=O) groups is 2. The number of imide groups is 1. The molecule has 0 aromatic heterocycles. The number of amides is 3. The molecule has 17 heavy (non-hydrogen) atoms. The second kappa shape index (κ2) is 5.25. The lowest BCUT2D eigenvalue weighted by atomic mass is 9.92. The first-order chi connectivity index (χ1) is 8.09. The minimum absolute atomic E-state index is 0.265. The Morgan fingerprint density at radius 1 is 1.29 bits per heavy atom. The molecule has 4 nitrogen and oxygen atoms in total. The number of carbonyl (C=O) groups excluding carboxylic acids is 2. The lowest BCUT2D eigenvalue weighted by Crippen LogP contribution is -2.52.